The van der Waals surface area contributed by atoms with Crippen molar-refractivity contribution in [3.8, 4) is 0 Å². The third-order valence-electron chi connectivity index (χ3n) is 3.03. The van der Waals surface area contributed by atoms with Crippen LogP contribution < -0.4 is 5.32 Å². The maximum atomic E-state index is 12.4. The smallest absolute Gasteiger partial charge is 0.416 e. The molecule has 0 radical (unpaired) electrons. The zero-order valence-electron chi connectivity index (χ0n) is 10.1. The van der Waals surface area contributed by atoms with Gasteiger partial charge in [0.25, 0.3) is 0 Å². The van der Waals surface area contributed by atoms with Crippen molar-refractivity contribution in [3.63, 3.8) is 0 Å². The highest BCUT2D eigenvalue weighted by Crippen LogP contribution is 2.29. The first-order valence-corrected chi connectivity index (χ1v) is 6.01. The second-order valence-corrected chi connectivity index (χ2v) is 4.73. The Morgan fingerprint density at radius 2 is 1.89 bits per heavy atom. The zero-order valence-corrected chi connectivity index (χ0v) is 10.1. The van der Waals surface area contributed by atoms with Gasteiger partial charge < -0.3 is 10.4 Å². The van der Waals surface area contributed by atoms with Crippen LogP contribution >= 0.6 is 0 Å². The molecular formula is C13H14F3NO2. The van der Waals surface area contributed by atoms with Crippen LogP contribution in [-0.2, 0) is 17.4 Å². The molecule has 19 heavy (non-hydrogen) atoms. The Hall–Kier alpha value is -1.56. The van der Waals surface area contributed by atoms with Crippen molar-refractivity contribution in [1.29, 1.82) is 0 Å². The average Bonchev–Trinajstić information content (AvgIpc) is 3.11. The number of carboxylic acid groups (broad SMARTS) is 1. The van der Waals surface area contributed by atoms with Gasteiger partial charge in [-0.2, -0.15) is 13.2 Å². The van der Waals surface area contributed by atoms with E-state index in [0.29, 0.717) is 5.56 Å². The Labute approximate surface area is 108 Å². The van der Waals surface area contributed by atoms with Crippen molar-refractivity contribution in [1.82, 2.24) is 5.32 Å². The van der Waals surface area contributed by atoms with Gasteiger partial charge in [0.1, 0.15) is 6.04 Å². The van der Waals surface area contributed by atoms with Gasteiger partial charge in [-0.1, -0.05) is 12.1 Å². The lowest BCUT2D eigenvalue weighted by molar-refractivity contribution is -0.140. The summed E-state index contributed by atoms with van der Waals surface area (Å²) in [7, 11) is 0. The summed E-state index contributed by atoms with van der Waals surface area (Å²) in [6, 6.07) is 4.09. The third kappa shape index (κ3) is 3.96. The van der Waals surface area contributed by atoms with Gasteiger partial charge in [0.15, 0.2) is 0 Å². The van der Waals surface area contributed by atoms with Crippen LogP contribution in [0, 0.1) is 0 Å². The highest BCUT2D eigenvalue weighted by molar-refractivity contribution is 5.74. The highest BCUT2D eigenvalue weighted by atomic mass is 19.4. The Bertz CT molecular complexity index is 452. The SMILES string of the molecule is O=C(O)C(Cc1ccc(C(F)(F)F)cc1)NC1CC1. The largest absolute Gasteiger partial charge is 0.480 e. The number of carbonyl (C=O) groups is 1. The second kappa shape index (κ2) is 5.21. The Morgan fingerprint density at radius 1 is 1.32 bits per heavy atom. The van der Waals surface area contributed by atoms with Crippen molar-refractivity contribution in [2.75, 3.05) is 0 Å². The Morgan fingerprint density at radius 3 is 2.32 bits per heavy atom. The number of nitrogens with one attached hydrogen (secondary N) is 1. The van der Waals surface area contributed by atoms with E-state index in [-0.39, 0.29) is 12.5 Å². The van der Waals surface area contributed by atoms with Crippen molar-refractivity contribution in [2.45, 2.75) is 37.5 Å². The number of halogens is 3. The number of benzene rings is 1. The van der Waals surface area contributed by atoms with E-state index in [9.17, 15) is 18.0 Å². The monoisotopic (exact) mass is 273 g/mol. The van der Waals surface area contributed by atoms with E-state index in [0.717, 1.165) is 25.0 Å². The normalized spacial score (nSPS) is 17.2. The van der Waals surface area contributed by atoms with Gasteiger partial charge in [-0.05, 0) is 37.0 Å². The van der Waals surface area contributed by atoms with Crippen LogP contribution in [-0.4, -0.2) is 23.2 Å². The molecule has 1 fully saturated rings. The molecule has 1 aromatic rings. The first-order chi connectivity index (χ1) is 8.86. The van der Waals surface area contributed by atoms with E-state index in [1.807, 2.05) is 0 Å². The summed E-state index contributed by atoms with van der Waals surface area (Å²) in [5, 5.41) is 12.0. The lowest BCUT2D eigenvalue weighted by Crippen LogP contribution is -2.39. The number of rotatable bonds is 5. The molecule has 3 nitrogen and oxygen atoms in total. The van der Waals surface area contributed by atoms with Crippen LogP contribution in [0.1, 0.15) is 24.0 Å². The minimum absolute atomic E-state index is 0.184. The van der Waals surface area contributed by atoms with Gasteiger partial charge in [-0.15, -0.1) is 0 Å². The molecule has 0 aliphatic heterocycles. The van der Waals surface area contributed by atoms with Crippen molar-refractivity contribution in [3.05, 3.63) is 35.4 Å². The molecule has 0 spiro atoms. The van der Waals surface area contributed by atoms with E-state index in [4.69, 9.17) is 5.11 Å². The fraction of sp³-hybridized carbons (Fsp3) is 0.462. The molecule has 1 aromatic carbocycles. The van der Waals surface area contributed by atoms with Crippen molar-refractivity contribution in [2.24, 2.45) is 0 Å². The maximum absolute atomic E-state index is 12.4. The van der Waals surface area contributed by atoms with Crippen LogP contribution in [0.3, 0.4) is 0 Å². The minimum atomic E-state index is -4.36. The molecule has 2 N–H and O–H groups in total. The van der Waals surface area contributed by atoms with Gasteiger partial charge in [0.2, 0.25) is 0 Å². The summed E-state index contributed by atoms with van der Waals surface area (Å²) in [6.07, 6.45) is -2.27. The zero-order chi connectivity index (χ0) is 14.0. The molecule has 1 unspecified atom stereocenters. The number of alkyl halides is 3. The molecule has 6 heteroatoms. The predicted molar refractivity (Wildman–Crippen MR) is 62.7 cm³/mol. The summed E-state index contributed by atoms with van der Waals surface area (Å²) in [4.78, 5) is 11.1. The predicted octanol–water partition coefficient (Wildman–Crippen LogP) is 2.45. The molecule has 1 aliphatic rings. The minimum Gasteiger partial charge on any atom is -0.480 e. The molecule has 0 heterocycles. The summed E-state index contributed by atoms with van der Waals surface area (Å²) in [5.41, 5.74) is -0.146. The number of aliphatic carboxylic acids is 1. The Balaban J connectivity index is 2.02. The molecule has 2 rings (SSSR count). The first-order valence-electron chi connectivity index (χ1n) is 6.01. The van der Waals surface area contributed by atoms with Crippen LogP contribution in [0.2, 0.25) is 0 Å². The maximum Gasteiger partial charge on any atom is 0.416 e. The van der Waals surface area contributed by atoms with E-state index < -0.39 is 23.8 Å². The summed E-state index contributed by atoms with van der Waals surface area (Å²) < 4.78 is 37.2. The average molecular weight is 273 g/mol. The highest BCUT2D eigenvalue weighted by Gasteiger charge is 2.31. The molecular weight excluding hydrogens is 259 g/mol. The molecule has 104 valence electrons. The van der Waals surface area contributed by atoms with Crippen molar-refractivity contribution >= 4 is 5.97 Å². The van der Waals surface area contributed by atoms with E-state index >= 15 is 0 Å². The molecule has 1 atom stereocenters. The third-order valence-corrected chi connectivity index (χ3v) is 3.03. The summed E-state index contributed by atoms with van der Waals surface area (Å²) in [5.74, 6) is -0.980. The fourth-order valence-electron chi connectivity index (χ4n) is 1.82. The summed E-state index contributed by atoms with van der Waals surface area (Å²) in [6.45, 7) is 0. The molecule has 1 aliphatic carbocycles. The summed E-state index contributed by atoms with van der Waals surface area (Å²) >= 11 is 0. The van der Waals surface area contributed by atoms with Gasteiger partial charge in [0.05, 0.1) is 5.56 Å². The molecule has 0 saturated heterocycles. The van der Waals surface area contributed by atoms with E-state index in [1.165, 1.54) is 12.1 Å². The van der Waals surface area contributed by atoms with Gasteiger partial charge in [0, 0.05) is 6.04 Å². The van der Waals surface area contributed by atoms with Crippen molar-refractivity contribution < 1.29 is 23.1 Å². The van der Waals surface area contributed by atoms with Crippen LogP contribution in [0.25, 0.3) is 0 Å². The van der Waals surface area contributed by atoms with Gasteiger partial charge in [-0.25, -0.2) is 0 Å². The molecule has 0 aromatic heterocycles. The first kappa shape index (κ1) is 13.9. The standard InChI is InChI=1S/C13H14F3NO2/c14-13(15,16)9-3-1-8(2-4-9)7-11(12(18)19)17-10-5-6-10/h1-4,10-11,17H,5-7H2,(H,18,19). The van der Waals surface area contributed by atoms with Crippen LogP contribution in [0.5, 0.6) is 0 Å². The van der Waals surface area contributed by atoms with Gasteiger partial charge >= 0.3 is 12.1 Å². The molecule has 0 bridgehead atoms. The van der Waals surface area contributed by atoms with E-state index in [2.05, 4.69) is 5.32 Å². The quantitative estimate of drug-likeness (QED) is 0.866. The van der Waals surface area contributed by atoms with Crippen LogP contribution in [0.15, 0.2) is 24.3 Å². The molecule has 1 saturated carbocycles. The fourth-order valence-corrected chi connectivity index (χ4v) is 1.82. The second-order valence-electron chi connectivity index (χ2n) is 4.73. The lowest BCUT2D eigenvalue weighted by atomic mass is 10.0. The number of carboxylic acids is 1. The number of hydrogen-bond acceptors (Lipinski definition) is 2. The topological polar surface area (TPSA) is 49.3 Å². The van der Waals surface area contributed by atoms with E-state index in [1.54, 1.807) is 0 Å². The van der Waals surface area contributed by atoms with Gasteiger partial charge in [-0.3, -0.25) is 4.79 Å². The number of hydrogen-bond donors (Lipinski definition) is 2. The lowest BCUT2D eigenvalue weighted by Gasteiger charge is -2.14. The Kier molecular flexibility index (Phi) is 3.80. The van der Waals surface area contributed by atoms with Crippen LogP contribution in [0.4, 0.5) is 13.2 Å². The molecule has 0 amide bonds.